The lowest BCUT2D eigenvalue weighted by Gasteiger charge is -2.48. The van der Waals surface area contributed by atoms with Gasteiger partial charge in [0.25, 0.3) is 31.5 Å². The lowest BCUT2D eigenvalue weighted by Crippen LogP contribution is -2.55. The van der Waals surface area contributed by atoms with Crippen molar-refractivity contribution in [1.82, 2.24) is 0 Å². The first-order valence-electron chi connectivity index (χ1n) is 42.0. The number of carbonyl (C=O) groups excluding carboxylic acids is 10. The molecule has 0 radical (unpaired) electrons. The van der Waals surface area contributed by atoms with E-state index in [1.807, 2.05) is 19.9 Å². The summed E-state index contributed by atoms with van der Waals surface area (Å²) in [6.45, 7) is 23.1. The monoisotopic (exact) mass is 1660 g/mol. The molecule has 1 saturated carbocycles. The largest absolute Gasteiger partial charge is 0.458 e. The van der Waals surface area contributed by atoms with Crippen molar-refractivity contribution in [3.63, 3.8) is 0 Å². The summed E-state index contributed by atoms with van der Waals surface area (Å²) in [5.74, 6) is -4.37. The molecule has 20 rings (SSSR count). The highest BCUT2D eigenvalue weighted by molar-refractivity contribution is 5.97. The van der Waals surface area contributed by atoms with Gasteiger partial charge in [-0.15, -0.1) is 0 Å². The quantitative estimate of drug-likeness (QED) is 0.0601. The first-order valence-corrected chi connectivity index (χ1v) is 42.0. The van der Waals surface area contributed by atoms with Gasteiger partial charge in [-0.2, -0.15) is 0 Å². The number of fused-ring (bicyclic) bond motifs is 11. The molecule has 640 valence electrons. The number of rotatable bonds is 10. The van der Waals surface area contributed by atoms with Crippen molar-refractivity contribution in [2.45, 2.75) is 278 Å². The second kappa shape index (κ2) is 31.9. The summed E-state index contributed by atoms with van der Waals surface area (Å²) in [6.07, 6.45) is 27.5. The third-order valence-electron chi connectivity index (χ3n) is 27.7. The maximum absolute atomic E-state index is 12.3. The van der Waals surface area contributed by atoms with Crippen LogP contribution >= 0.6 is 0 Å². The molecule has 120 heavy (non-hydrogen) atoms. The van der Waals surface area contributed by atoms with Crippen molar-refractivity contribution in [3.05, 3.63) is 174 Å². The Hall–Kier alpha value is -10.3. The van der Waals surface area contributed by atoms with Gasteiger partial charge in [-0.05, 0) is 206 Å². The minimum atomic E-state index is -1.14. The zero-order chi connectivity index (χ0) is 85.2. The summed E-state index contributed by atoms with van der Waals surface area (Å²) in [5.41, 5.74) is 13.7. The number of carbonyl (C=O) groups is 10. The third-order valence-corrected chi connectivity index (χ3v) is 27.7. The number of hydrogen-bond acceptors (Lipinski definition) is 28. The van der Waals surface area contributed by atoms with Crippen molar-refractivity contribution >= 4 is 59.7 Å². The molecule has 0 aromatic rings. The standard InChI is InChI=1S/3C19H22O6.C18H20O5.C17H18O5/c1-9-6-14(24-17(9)21)23-8-12-10-7-11-13(20)4-5-19(2,3)15(11)16(10)25-18(12)22;1-10-7-14(24-16(10)20)23-9-13-12-8-11-5-4-6-18(2,3)19(11,22)15(12)25-17(13)21;1-9-7-12(24-17(9)21)23-8-11-13-15(20)10-5-4-6-19(2,3)14(10)16(13)25-18(11)22;1-9-4-3-5-11-7-12-13(18(20)23-16(12)15(9)11)8-21-14-6-10(2)17(19)22-14;1-9-6-14(21-16(9)18)20-8-13-12-7-10-4-2-3-5-11(10)15(12)22-17(13)19/h6,8,10,13-14,16,20H,4-5,7H2,1-3H3;7-9,12,14-15,22H,4-6H2,1-3H3;7-8,12-13,15-16,20H,4-6H2,1-3H3;6,8-9,12,14,16H,3-5,7H2,1-2H3;6,8,12,14-15H,2-5,7H2,1H3/b12-8+;13-9+;11-8+;2*13-8+. The summed E-state index contributed by atoms with van der Waals surface area (Å²) in [6, 6.07) is 0. The van der Waals surface area contributed by atoms with Crippen LogP contribution in [-0.2, 0) is 119 Å². The smallest absolute Gasteiger partial charge is 0.338 e. The second-order valence-corrected chi connectivity index (χ2v) is 36.7. The average molecular weight is 1660 g/mol. The molecule has 10 heterocycles. The van der Waals surface area contributed by atoms with Crippen molar-refractivity contribution in [2.75, 3.05) is 0 Å². The average Bonchev–Trinajstić information content (AvgIpc) is 1.60. The van der Waals surface area contributed by atoms with Crippen LogP contribution in [0.3, 0.4) is 0 Å². The van der Waals surface area contributed by atoms with E-state index in [0.29, 0.717) is 68.1 Å². The molecule has 0 bridgehead atoms. The van der Waals surface area contributed by atoms with Gasteiger partial charge in [0.2, 0.25) is 0 Å². The van der Waals surface area contributed by atoms with Gasteiger partial charge in [0, 0.05) is 81.4 Å². The fraction of sp³-hybridized carbons (Fsp3) is 0.565. The molecular weight excluding hydrogens is 1550 g/mol. The van der Waals surface area contributed by atoms with E-state index in [1.165, 1.54) is 72.9 Å². The molecule has 28 heteroatoms. The van der Waals surface area contributed by atoms with E-state index in [-0.39, 0.29) is 82.1 Å². The van der Waals surface area contributed by atoms with Crippen molar-refractivity contribution < 1.29 is 134 Å². The van der Waals surface area contributed by atoms with Crippen LogP contribution < -0.4 is 0 Å². The number of allylic oxidation sites excluding steroid dienone is 2. The van der Waals surface area contributed by atoms with Gasteiger partial charge >= 0.3 is 59.7 Å². The Morgan fingerprint density at radius 3 is 1.32 bits per heavy atom. The van der Waals surface area contributed by atoms with Gasteiger partial charge in [0.1, 0.15) is 36.1 Å². The Morgan fingerprint density at radius 2 is 0.792 bits per heavy atom. The molecule has 28 nitrogen and oxygen atoms in total. The molecule has 6 fully saturated rings. The molecule has 0 spiro atoms. The van der Waals surface area contributed by atoms with Crippen LogP contribution in [0.2, 0.25) is 0 Å². The first-order chi connectivity index (χ1) is 57.0. The van der Waals surface area contributed by atoms with Crippen LogP contribution in [0.25, 0.3) is 0 Å². The number of aliphatic hydroxyl groups excluding tert-OH is 2. The second-order valence-electron chi connectivity index (χ2n) is 36.7. The van der Waals surface area contributed by atoms with E-state index in [2.05, 4.69) is 34.6 Å². The van der Waals surface area contributed by atoms with Gasteiger partial charge in [-0.25, -0.2) is 47.9 Å². The number of cyclic esters (lactones) is 5. The number of esters is 10. The maximum atomic E-state index is 12.3. The Bertz CT molecular complexity index is 4930. The molecule has 0 aromatic heterocycles. The lowest BCUT2D eigenvalue weighted by molar-refractivity contribution is -0.164. The van der Waals surface area contributed by atoms with Crippen LogP contribution in [0.1, 0.15) is 199 Å². The Morgan fingerprint density at radius 1 is 0.383 bits per heavy atom. The molecule has 19 atom stereocenters. The molecular formula is C92H104O28. The van der Waals surface area contributed by atoms with Crippen molar-refractivity contribution in [2.24, 2.45) is 51.8 Å². The van der Waals surface area contributed by atoms with E-state index in [9.17, 15) is 63.3 Å². The number of ether oxygens (including phenoxy) is 15. The molecule has 0 aromatic carbocycles. The van der Waals surface area contributed by atoms with Crippen LogP contribution in [0, 0.1) is 51.8 Å². The van der Waals surface area contributed by atoms with E-state index in [1.54, 1.807) is 65.0 Å². The fourth-order valence-corrected chi connectivity index (χ4v) is 21.3. The molecule has 3 N–H and O–H groups in total. The van der Waals surface area contributed by atoms with Gasteiger partial charge < -0.3 is 86.4 Å². The van der Waals surface area contributed by atoms with E-state index in [4.69, 9.17) is 71.1 Å². The normalized spacial score (nSPS) is 37.7. The minimum absolute atomic E-state index is 0.0511. The van der Waals surface area contributed by atoms with Crippen LogP contribution in [0.15, 0.2) is 174 Å². The highest BCUT2D eigenvalue weighted by atomic mass is 16.7. The Labute approximate surface area is 694 Å². The predicted octanol–water partition coefficient (Wildman–Crippen LogP) is 11.7. The summed E-state index contributed by atoms with van der Waals surface area (Å²) in [7, 11) is 0. The van der Waals surface area contributed by atoms with E-state index < -0.39 is 103 Å². The zero-order valence-electron chi connectivity index (χ0n) is 69.5. The number of hydrogen-bond donors (Lipinski definition) is 3. The molecule has 0 amide bonds. The summed E-state index contributed by atoms with van der Waals surface area (Å²) >= 11 is 0. The maximum Gasteiger partial charge on any atom is 0.338 e. The van der Waals surface area contributed by atoms with Gasteiger partial charge in [-0.3, -0.25) is 0 Å². The van der Waals surface area contributed by atoms with Gasteiger partial charge in [0.05, 0.1) is 83.2 Å². The zero-order valence-corrected chi connectivity index (χ0v) is 69.5. The number of aliphatic hydroxyl groups is 3. The third kappa shape index (κ3) is 15.1. The topological polar surface area (TPSA) is 370 Å². The SMILES string of the molecule is CC1=CC(O/C=C2/C(=O)OC3C2C=C2CCCC(C)(C)C23O)OC1=O.CC1=CC(O/C=C2/C(=O)OC3C4=C(CC23)C(O)CCC4(C)C)OC1=O.CC1=CC(O/C=C2/C(=O)OC3C4=C(CCCC4(C)C)C(O)C23)OC1=O.CC1=CC(O/C=C2/C(=O)OC3C4=C(CCCC4)CC23)OC1=O.CC1=CC(O/C=C2/C(=O)OC3C4=C(CCCC4C)CC23)OC1=O. The Kier molecular flexibility index (Phi) is 22.2. The Balaban J connectivity index is 0.000000112. The molecule has 5 saturated heterocycles. The van der Waals surface area contributed by atoms with Crippen LogP contribution in [0.5, 0.6) is 0 Å². The fourth-order valence-electron chi connectivity index (χ4n) is 21.3. The lowest BCUT2D eigenvalue weighted by atomic mass is 9.62. The van der Waals surface area contributed by atoms with E-state index in [0.717, 1.165) is 118 Å². The predicted molar refractivity (Wildman–Crippen MR) is 418 cm³/mol. The van der Waals surface area contributed by atoms with Crippen molar-refractivity contribution in [1.29, 1.82) is 0 Å². The van der Waals surface area contributed by atoms with Crippen LogP contribution in [0.4, 0.5) is 0 Å². The molecule has 19 unspecified atom stereocenters. The highest BCUT2D eigenvalue weighted by Crippen LogP contribution is 2.60. The minimum Gasteiger partial charge on any atom is -0.458 e. The van der Waals surface area contributed by atoms with Crippen LogP contribution in [-0.4, -0.2) is 155 Å². The van der Waals surface area contributed by atoms with E-state index >= 15 is 0 Å². The van der Waals surface area contributed by atoms with Gasteiger partial charge in [-0.1, -0.05) is 65.7 Å². The molecule has 10 aliphatic carbocycles. The van der Waals surface area contributed by atoms with Gasteiger partial charge in [0.15, 0.2) is 0 Å². The summed E-state index contributed by atoms with van der Waals surface area (Å²) < 4.78 is 80.4. The van der Waals surface area contributed by atoms with Crippen molar-refractivity contribution in [3.8, 4) is 0 Å². The summed E-state index contributed by atoms with van der Waals surface area (Å²) in [5, 5.41) is 32.6. The highest BCUT2D eigenvalue weighted by Gasteiger charge is 2.65. The molecule has 10 aliphatic heterocycles. The molecule has 20 aliphatic rings. The first kappa shape index (κ1) is 83.3. The summed E-state index contributed by atoms with van der Waals surface area (Å²) in [4.78, 5) is 118.